The maximum Gasteiger partial charge on any atom is 0.330 e. The van der Waals surface area contributed by atoms with Gasteiger partial charge >= 0.3 is 11.9 Å². The van der Waals surface area contributed by atoms with Gasteiger partial charge in [0, 0.05) is 12.2 Å². The normalized spacial score (nSPS) is 7.31. The van der Waals surface area contributed by atoms with E-state index in [9.17, 15) is 14.4 Å². The Bertz CT molecular complexity index is 292. The average molecular weight is 227 g/mol. The molecule has 0 amide bonds. The van der Waals surface area contributed by atoms with Gasteiger partial charge in [-0.05, 0) is 0 Å². The van der Waals surface area contributed by atoms with Crippen LogP contribution in [-0.2, 0) is 23.9 Å². The van der Waals surface area contributed by atoms with Crippen LogP contribution in [0, 0.1) is 0 Å². The summed E-state index contributed by atoms with van der Waals surface area (Å²) in [5.41, 5.74) is 0. The molecule has 0 saturated carbocycles. The standard InChI is InChI=1S/C6H7NO3.C4H6O2/c1-2-6(9)10-4-3-7-5-8;1-3-4(5)6-2/h2H,1,3-4H2;3H,1H2,2H3. The summed E-state index contributed by atoms with van der Waals surface area (Å²) < 4.78 is 8.61. The molecule has 0 rings (SSSR count). The zero-order chi connectivity index (χ0) is 12.8. The second kappa shape index (κ2) is 12.8. The number of carbonyl (C=O) groups excluding carboxylic acids is 3. The number of carbonyl (C=O) groups is 2. The molecular formula is C10H13NO5. The highest BCUT2D eigenvalue weighted by atomic mass is 16.5. The van der Waals surface area contributed by atoms with Crippen LogP contribution in [0.2, 0.25) is 0 Å². The van der Waals surface area contributed by atoms with E-state index in [4.69, 9.17) is 0 Å². The predicted molar refractivity (Wildman–Crippen MR) is 56.4 cm³/mol. The molecule has 0 aliphatic carbocycles. The van der Waals surface area contributed by atoms with Crippen LogP contribution in [0.4, 0.5) is 0 Å². The molecular weight excluding hydrogens is 214 g/mol. The molecule has 0 atom stereocenters. The quantitative estimate of drug-likeness (QED) is 0.223. The van der Waals surface area contributed by atoms with Crippen LogP contribution in [0.3, 0.4) is 0 Å². The highest BCUT2D eigenvalue weighted by molar-refractivity contribution is 5.81. The number of isocyanates is 1. The van der Waals surface area contributed by atoms with Gasteiger partial charge in [0.1, 0.15) is 6.61 Å². The van der Waals surface area contributed by atoms with E-state index in [2.05, 4.69) is 27.6 Å². The lowest BCUT2D eigenvalue weighted by Crippen LogP contribution is -2.03. The summed E-state index contributed by atoms with van der Waals surface area (Å²) >= 11 is 0. The number of ether oxygens (including phenoxy) is 2. The van der Waals surface area contributed by atoms with Gasteiger partial charge in [-0.15, -0.1) is 0 Å². The molecule has 0 unspecified atom stereocenters. The molecule has 0 fully saturated rings. The predicted octanol–water partition coefficient (Wildman–Crippen LogP) is 0.397. The monoisotopic (exact) mass is 227 g/mol. The molecule has 0 N–H and O–H groups in total. The van der Waals surface area contributed by atoms with Crippen LogP contribution in [-0.4, -0.2) is 38.3 Å². The highest BCUT2D eigenvalue weighted by Gasteiger charge is 1.91. The Balaban J connectivity index is 0. The van der Waals surface area contributed by atoms with E-state index >= 15 is 0 Å². The molecule has 0 aromatic carbocycles. The van der Waals surface area contributed by atoms with Crippen LogP contribution in [0.25, 0.3) is 0 Å². The van der Waals surface area contributed by atoms with E-state index in [1.165, 1.54) is 13.2 Å². The SMILES string of the molecule is C=CC(=O)OC.C=CC(=O)OCCN=C=O. The van der Waals surface area contributed by atoms with E-state index < -0.39 is 11.9 Å². The van der Waals surface area contributed by atoms with Gasteiger partial charge in [-0.1, -0.05) is 13.2 Å². The Morgan fingerprint density at radius 3 is 2.19 bits per heavy atom. The fourth-order valence-corrected chi connectivity index (χ4v) is 0.380. The van der Waals surface area contributed by atoms with E-state index in [-0.39, 0.29) is 13.2 Å². The fraction of sp³-hybridized carbons (Fsp3) is 0.300. The Morgan fingerprint density at radius 1 is 1.31 bits per heavy atom. The van der Waals surface area contributed by atoms with Gasteiger partial charge in [0.25, 0.3) is 0 Å². The lowest BCUT2D eigenvalue weighted by Gasteiger charge is -1.94. The Hall–Kier alpha value is -2.20. The number of hydrogen-bond donors (Lipinski definition) is 0. The fourth-order valence-electron chi connectivity index (χ4n) is 0.380. The van der Waals surface area contributed by atoms with Gasteiger partial charge in [0.15, 0.2) is 0 Å². The van der Waals surface area contributed by atoms with Crippen LogP contribution >= 0.6 is 0 Å². The van der Waals surface area contributed by atoms with E-state index in [0.29, 0.717) is 0 Å². The number of aliphatic imine (C=N–C) groups is 1. The van der Waals surface area contributed by atoms with Crippen LogP contribution in [0.15, 0.2) is 30.3 Å². The summed E-state index contributed by atoms with van der Waals surface area (Å²) in [6.07, 6.45) is 3.47. The zero-order valence-corrected chi connectivity index (χ0v) is 8.97. The van der Waals surface area contributed by atoms with Gasteiger partial charge in [-0.3, -0.25) is 0 Å². The minimum absolute atomic E-state index is 0.0973. The van der Waals surface area contributed by atoms with Gasteiger partial charge < -0.3 is 9.47 Å². The van der Waals surface area contributed by atoms with Crippen molar-refractivity contribution in [1.82, 2.24) is 0 Å². The van der Waals surface area contributed by atoms with Crippen molar-refractivity contribution in [1.29, 1.82) is 0 Å². The molecule has 0 saturated heterocycles. The summed E-state index contributed by atoms with van der Waals surface area (Å²) in [4.78, 5) is 32.8. The molecule has 16 heavy (non-hydrogen) atoms. The first-order valence-electron chi connectivity index (χ1n) is 4.15. The molecule has 0 heterocycles. The third kappa shape index (κ3) is 14.3. The largest absolute Gasteiger partial charge is 0.466 e. The molecule has 6 heteroatoms. The Morgan fingerprint density at radius 2 is 1.88 bits per heavy atom. The van der Waals surface area contributed by atoms with Crippen molar-refractivity contribution < 1.29 is 23.9 Å². The lowest BCUT2D eigenvalue weighted by molar-refractivity contribution is -0.137. The lowest BCUT2D eigenvalue weighted by atomic mass is 10.6. The molecule has 0 aromatic heterocycles. The third-order valence-electron chi connectivity index (χ3n) is 1.05. The van der Waals surface area contributed by atoms with Gasteiger partial charge in [0.2, 0.25) is 6.08 Å². The summed E-state index contributed by atoms with van der Waals surface area (Å²) in [6.45, 7) is 6.59. The van der Waals surface area contributed by atoms with E-state index in [1.807, 2.05) is 0 Å². The summed E-state index contributed by atoms with van der Waals surface area (Å²) in [5.74, 6) is -0.906. The zero-order valence-electron chi connectivity index (χ0n) is 8.97. The molecule has 0 aliphatic rings. The number of rotatable bonds is 5. The van der Waals surface area contributed by atoms with Crippen molar-refractivity contribution in [3.63, 3.8) is 0 Å². The van der Waals surface area contributed by atoms with Crippen LogP contribution in [0.1, 0.15) is 0 Å². The smallest absolute Gasteiger partial charge is 0.330 e. The van der Waals surface area contributed by atoms with Crippen molar-refractivity contribution >= 4 is 18.0 Å². The molecule has 0 bridgehead atoms. The van der Waals surface area contributed by atoms with Crippen molar-refractivity contribution in [3.05, 3.63) is 25.3 Å². The van der Waals surface area contributed by atoms with Gasteiger partial charge in [0.05, 0.1) is 13.7 Å². The Labute approximate surface area is 93.3 Å². The third-order valence-corrected chi connectivity index (χ3v) is 1.05. The Kier molecular flexibility index (Phi) is 13.0. The maximum atomic E-state index is 10.3. The number of hydrogen-bond acceptors (Lipinski definition) is 6. The average Bonchev–Trinajstić information content (AvgIpc) is 2.34. The van der Waals surface area contributed by atoms with Gasteiger partial charge in [-0.2, -0.15) is 0 Å². The minimum atomic E-state index is -0.513. The van der Waals surface area contributed by atoms with Crippen molar-refractivity contribution in [2.75, 3.05) is 20.3 Å². The summed E-state index contributed by atoms with van der Waals surface area (Å²) in [7, 11) is 1.31. The number of esters is 2. The van der Waals surface area contributed by atoms with Crippen molar-refractivity contribution in [3.8, 4) is 0 Å². The second-order valence-electron chi connectivity index (χ2n) is 2.07. The van der Waals surface area contributed by atoms with E-state index in [1.54, 1.807) is 0 Å². The highest BCUT2D eigenvalue weighted by Crippen LogP contribution is 1.78. The van der Waals surface area contributed by atoms with Crippen LogP contribution < -0.4 is 0 Å². The van der Waals surface area contributed by atoms with Crippen molar-refractivity contribution in [2.24, 2.45) is 4.99 Å². The first-order valence-corrected chi connectivity index (χ1v) is 4.15. The number of nitrogens with zero attached hydrogens (tertiary/aromatic N) is 1. The maximum absolute atomic E-state index is 10.3. The topological polar surface area (TPSA) is 82.0 Å². The molecule has 88 valence electrons. The van der Waals surface area contributed by atoms with Crippen LogP contribution in [0.5, 0.6) is 0 Å². The second-order valence-corrected chi connectivity index (χ2v) is 2.07. The van der Waals surface area contributed by atoms with Gasteiger partial charge in [-0.25, -0.2) is 19.4 Å². The van der Waals surface area contributed by atoms with E-state index in [0.717, 1.165) is 12.2 Å². The first-order chi connectivity index (χ1) is 7.62. The molecule has 0 radical (unpaired) electrons. The number of methoxy groups -OCH3 is 1. The summed E-state index contributed by atoms with van der Waals surface area (Å²) in [5, 5.41) is 0. The molecule has 0 spiro atoms. The molecule has 6 nitrogen and oxygen atoms in total. The van der Waals surface area contributed by atoms with Crippen molar-refractivity contribution in [2.45, 2.75) is 0 Å². The minimum Gasteiger partial charge on any atom is -0.466 e. The molecule has 0 aliphatic heterocycles. The summed E-state index contributed by atoms with van der Waals surface area (Å²) in [6, 6.07) is 0. The molecule has 0 aromatic rings. The first kappa shape index (κ1) is 16.2.